The van der Waals surface area contributed by atoms with Crippen LogP contribution in [0, 0.1) is 5.92 Å². The van der Waals surface area contributed by atoms with E-state index in [1.54, 1.807) is 12.4 Å². The van der Waals surface area contributed by atoms with E-state index in [4.69, 9.17) is 26.6 Å². The number of hydrogen-bond donors (Lipinski definition) is 1. The summed E-state index contributed by atoms with van der Waals surface area (Å²) in [6.45, 7) is 4.71. The Bertz CT molecular complexity index is 1110. The van der Waals surface area contributed by atoms with Gasteiger partial charge in [-0.25, -0.2) is 4.98 Å². The average molecular weight is 369 g/mol. The van der Waals surface area contributed by atoms with Crippen LogP contribution in [0.15, 0.2) is 41.2 Å². The van der Waals surface area contributed by atoms with Gasteiger partial charge in [0.15, 0.2) is 11.4 Å². The second-order valence-corrected chi connectivity index (χ2v) is 6.91. The first-order chi connectivity index (χ1) is 12.5. The Balaban J connectivity index is 1.81. The summed E-state index contributed by atoms with van der Waals surface area (Å²) in [4.78, 5) is 8.79. The molecule has 1 aromatic carbocycles. The van der Waals surface area contributed by atoms with Crippen molar-refractivity contribution in [2.45, 2.75) is 13.8 Å². The molecule has 6 nitrogen and oxygen atoms in total. The summed E-state index contributed by atoms with van der Waals surface area (Å²) in [6.07, 6.45) is 3.49. The molecular formula is C19H17ClN4O2. The lowest BCUT2D eigenvalue weighted by atomic mass is 10.0. The molecule has 3 aromatic heterocycles. The lowest BCUT2D eigenvalue weighted by Crippen LogP contribution is -2.06. The van der Waals surface area contributed by atoms with Gasteiger partial charge < -0.3 is 15.0 Å². The number of fused-ring (bicyclic) bond motifs is 2. The fourth-order valence-corrected chi connectivity index (χ4v) is 2.99. The monoisotopic (exact) mass is 368 g/mol. The highest BCUT2D eigenvalue weighted by atomic mass is 35.5. The summed E-state index contributed by atoms with van der Waals surface area (Å²) >= 11 is 6.36. The van der Waals surface area contributed by atoms with Crippen molar-refractivity contribution in [1.82, 2.24) is 15.1 Å². The summed E-state index contributed by atoms with van der Waals surface area (Å²) in [5.74, 6) is 1.19. The summed E-state index contributed by atoms with van der Waals surface area (Å²) in [5, 5.41) is 5.93. The summed E-state index contributed by atoms with van der Waals surface area (Å²) in [7, 11) is 0. The number of anilines is 1. The number of ether oxygens (including phenoxy) is 1. The maximum atomic E-state index is 6.36. The van der Waals surface area contributed by atoms with Crippen molar-refractivity contribution in [3.05, 3.63) is 41.7 Å². The van der Waals surface area contributed by atoms with Crippen molar-refractivity contribution >= 4 is 39.3 Å². The van der Waals surface area contributed by atoms with Gasteiger partial charge in [0, 0.05) is 23.3 Å². The van der Waals surface area contributed by atoms with Crippen molar-refractivity contribution in [3.8, 4) is 17.0 Å². The van der Waals surface area contributed by atoms with Gasteiger partial charge in [0.25, 0.3) is 0 Å². The zero-order valence-corrected chi connectivity index (χ0v) is 15.1. The lowest BCUT2D eigenvalue weighted by Gasteiger charge is -2.11. The van der Waals surface area contributed by atoms with Gasteiger partial charge in [-0.3, -0.25) is 4.98 Å². The molecule has 0 saturated carbocycles. The first-order valence-corrected chi connectivity index (χ1v) is 8.63. The van der Waals surface area contributed by atoms with Crippen LogP contribution in [0.4, 0.5) is 5.82 Å². The molecule has 0 aliphatic heterocycles. The highest BCUT2D eigenvalue weighted by Crippen LogP contribution is 2.34. The largest absolute Gasteiger partial charge is 0.476 e. The fourth-order valence-electron chi connectivity index (χ4n) is 2.77. The Labute approximate surface area is 154 Å². The second-order valence-electron chi connectivity index (χ2n) is 6.51. The molecule has 2 N–H and O–H groups in total. The van der Waals surface area contributed by atoms with E-state index in [2.05, 4.69) is 29.0 Å². The number of halogens is 1. The molecule has 7 heteroatoms. The topological polar surface area (TPSA) is 87.1 Å². The van der Waals surface area contributed by atoms with Crippen LogP contribution in [0.1, 0.15) is 13.8 Å². The Hall–Kier alpha value is -2.86. The molecule has 0 amide bonds. The van der Waals surface area contributed by atoms with Gasteiger partial charge in [-0.05, 0) is 35.7 Å². The third-order valence-corrected chi connectivity index (χ3v) is 4.30. The van der Waals surface area contributed by atoms with E-state index in [-0.39, 0.29) is 0 Å². The van der Waals surface area contributed by atoms with E-state index < -0.39 is 0 Å². The van der Waals surface area contributed by atoms with Crippen LogP contribution in [-0.2, 0) is 0 Å². The maximum absolute atomic E-state index is 6.36. The van der Waals surface area contributed by atoms with Gasteiger partial charge in [-0.2, -0.15) is 0 Å². The third-order valence-electron chi connectivity index (χ3n) is 4.03. The van der Waals surface area contributed by atoms with E-state index in [1.807, 2.05) is 24.3 Å². The average Bonchev–Trinajstić information content (AvgIpc) is 2.98. The second kappa shape index (κ2) is 6.46. The zero-order chi connectivity index (χ0) is 18.3. The third kappa shape index (κ3) is 2.93. The molecule has 132 valence electrons. The highest BCUT2D eigenvalue weighted by molar-refractivity contribution is 6.32. The minimum Gasteiger partial charge on any atom is -0.476 e. The molecule has 3 heterocycles. The molecule has 0 atom stereocenters. The van der Waals surface area contributed by atoms with Crippen molar-refractivity contribution in [2.75, 3.05) is 12.3 Å². The normalized spacial score (nSPS) is 11.5. The molecule has 4 rings (SSSR count). The maximum Gasteiger partial charge on any atom is 0.232 e. The molecule has 0 aliphatic rings. The number of nitrogens with two attached hydrogens (primary N) is 1. The van der Waals surface area contributed by atoms with E-state index in [0.29, 0.717) is 34.8 Å². The molecule has 0 unspecified atom stereocenters. The van der Waals surface area contributed by atoms with Crippen LogP contribution >= 0.6 is 11.6 Å². The molecular weight excluding hydrogens is 352 g/mol. The number of hydrogen-bond acceptors (Lipinski definition) is 6. The molecule has 0 aliphatic carbocycles. The number of nitrogen functional groups attached to an aromatic ring is 1. The first kappa shape index (κ1) is 16.6. The zero-order valence-electron chi connectivity index (χ0n) is 14.4. The molecule has 26 heavy (non-hydrogen) atoms. The van der Waals surface area contributed by atoms with Gasteiger partial charge in [0.05, 0.1) is 17.5 Å². The van der Waals surface area contributed by atoms with E-state index in [1.165, 1.54) is 0 Å². The number of aromatic nitrogens is 3. The van der Waals surface area contributed by atoms with Gasteiger partial charge in [-0.15, -0.1) is 0 Å². The number of rotatable bonds is 4. The van der Waals surface area contributed by atoms with Crippen molar-refractivity contribution in [1.29, 1.82) is 0 Å². The van der Waals surface area contributed by atoms with Crippen LogP contribution in [-0.4, -0.2) is 21.7 Å². The SMILES string of the molecule is CC(C)COc1ncc(-c2ccnc3cc4c(N)noc4cc23)cc1Cl. The summed E-state index contributed by atoms with van der Waals surface area (Å²) in [6, 6.07) is 7.51. The minimum atomic E-state index is 0.352. The van der Waals surface area contributed by atoms with Crippen LogP contribution in [0.5, 0.6) is 5.88 Å². The molecule has 0 radical (unpaired) electrons. The molecule has 0 spiro atoms. The molecule has 0 fully saturated rings. The number of benzene rings is 1. The summed E-state index contributed by atoms with van der Waals surface area (Å²) < 4.78 is 10.9. The number of nitrogens with zero attached hydrogens (tertiary/aromatic N) is 3. The molecule has 4 aromatic rings. The van der Waals surface area contributed by atoms with Crippen LogP contribution in [0.2, 0.25) is 5.02 Å². The Morgan fingerprint density at radius 3 is 2.81 bits per heavy atom. The molecule has 0 saturated heterocycles. The quantitative estimate of drug-likeness (QED) is 0.561. The smallest absolute Gasteiger partial charge is 0.232 e. The Morgan fingerprint density at radius 2 is 2.04 bits per heavy atom. The van der Waals surface area contributed by atoms with E-state index >= 15 is 0 Å². The van der Waals surface area contributed by atoms with E-state index in [0.717, 1.165) is 27.4 Å². The fraction of sp³-hybridized carbons (Fsp3) is 0.211. The van der Waals surface area contributed by atoms with E-state index in [9.17, 15) is 0 Å². The minimum absolute atomic E-state index is 0.352. The first-order valence-electron chi connectivity index (χ1n) is 8.25. The predicted octanol–water partition coefficient (Wildman–Crippen LogP) is 4.71. The van der Waals surface area contributed by atoms with Crippen molar-refractivity contribution < 1.29 is 9.26 Å². The Kier molecular flexibility index (Phi) is 4.12. The van der Waals surface area contributed by atoms with Crippen molar-refractivity contribution in [3.63, 3.8) is 0 Å². The van der Waals surface area contributed by atoms with Crippen LogP contribution in [0.25, 0.3) is 33.0 Å². The van der Waals surface area contributed by atoms with Gasteiger partial charge >= 0.3 is 0 Å². The molecule has 0 bridgehead atoms. The van der Waals surface area contributed by atoms with Crippen molar-refractivity contribution in [2.24, 2.45) is 5.92 Å². The van der Waals surface area contributed by atoms with Crippen LogP contribution < -0.4 is 10.5 Å². The van der Waals surface area contributed by atoms with Gasteiger partial charge in [0.1, 0.15) is 5.02 Å². The predicted molar refractivity (Wildman–Crippen MR) is 102 cm³/mol. The lowest BCUT2D eigenvalue weighted by molar-refractivity contribution is 0.261. The number of pyridine rings is 2. The Morgan fingerprint density at radius 1 is 1.19 bits per heavy atom. The van der Waals surface area contributed by atoms with Gasteiger partial charge in [-0.1, -0.05) is 30.6 Å². The summed E-state index contributed by atoms with van der Waals surface area (Å²) in [5.41, 5.74) is 9.04. The van der Waals surface area contributed by atoms with Crippen LogP contribution in [0.3, 0.4) is 0 Å². The standard InChI is InChI=1S/C19H17ClN4O2/c1-10(2)9-25-19-15(20)5-11(8-23-19)12-3-4-22-16-6-14-17(7-13(12)16)26-24-18(14)21/h3-8,10H,9H2,1-2H3,(H2,21,24). The van der Waals surface area contributed by atoms with Gasteiger partial charge in [0.2, 0.25) is 5.88 Å². The highest BCUT2D eigenvalue weighted by Gasteiger charge is 2.13.